The number of hydrogen-bond acceptors (Lipinski definition) is 4. The fourth-order valence-corrected chi connectivity index (χ4v) is 3.70. The number of carbonyl (C=O) groups is 2. The van der Waals surface area contributed by atoms with Crippen LogP contribution < -0.4 is 5.32 Å². The SMILES string of the molecule is CCC1C(=O)NC(C2CC2)C(=O)N1CC(C)c1nccs1. The Balaban J connectivity index is 1.78. The van der Waals surface area contributed by atoms with Crippen LogP contribution in [0.1, 0.15) is 44.0 Å². The zero-order valence-corrected chi connectivity index (χ0v) is 13.2. The third kappa shape index (κ3) is 2.81. The van der Waals surface area contributed by atoms with Crippen molar-refractivity contribution >= 4 is 23.2 Å². The lowest BCUT2D eigenvalue weighted by Crippen LogP contribution is -2.64. The molecule has 1 saturated carbocycles. The number of piperazine rings is 1. The Bertz CT molecular complexity index is 527. The summed E-state index contributed by atoms with van der Waals surface area (Å²) in [7, 11) is 0. The van der Waals surface area contributed by atoms with Gasteiger partial charge in [0, 0.05) is 24.0 Å². The second kappa shape index (κ2) is 5.75. The summed E-state index contributed by atoms with van der Waals surface area (Å²) in [6.07, 6.45) is 4.53. The van der Waals surface area contributed by atoms with E-state index in [4.69, 9.17) is 0 Å². The van der Waals surface area contributed by atoms with Crippen LogP contribution in [-0.2, 0) is 9.59 Å². The standard InChI is InChI=1S/C15H21N3O2S/c1-3-11-13(19)17-12(10-4-5-10)15(20)18(11)8-9(2)14-16-6-7-21-14/h6-7,9-12H,3-5,8H2,1-2H3,(H,17,19). The highest BCUT2D eigenvalue weighted by Gasteiger charge is 2.46. The Kier molecular flexibility index (Phi) is 3.97. The molecule has 3 atom stereocenters. The molecule has 2 fully saturated rings. The van der Waals surface area contributed by atoms with Crippen molar-refractivity contribution in [3.8, 4) is 0 Å². The van der Waals surface area contributed by atoms with Crippen molar-refractivity contribution in [2.45, 2.75) is 51.1 Å². The van der Waals surface area contributed by atoms with Crippen molar-refractivity contribution in [3.63, 3.8) is 0 Å². The predicted octanol–water partition coefficient (Wildman–Crippen LogP) is 1.76. The van der Waals surface area contributed by atoms with E-state index in [9.17, 15) is 9.59 Å². The third-order valence-corrected chi connectivity index (χ3v) is 5.36. The summed E-state index contributed by atoms with van der Waals surface area (Å²) < 4.78 is 0. The van der Waals surface area contributed by atoms with Gasteiger partial charge < -0.3 is 10.2 Å². The van der Waals surface area contributed by atoms with Gasteiger partial charge in [0.2, 0.25) is 11.8 Å². The largest absolute Gasteiger partial charge is 0.342 e. The highest BCUT2D eigenvalue weighted by Crippen LogP contribution is 2.35. The smallest absolute Gasteiger partial charge is 0.246 e. The van der Waals surface area contributed by atoms with Crippen LogP contribution in [0.2, 0.25) is 0 Å². The number of nitrogens with zero attached hydrogens (tertiary/aromatic N) is 2. The number of carbonyl (C=O) groups excluding carboxylic acids is 2. The van der Waals surface area contributed by atoms with Crippen LogP contribution >= 0.6 is 11.3 Å². The lowest BCUT2D eigenvalue weighted by atomic mass is 10.00. The zero-order valence-electron chi connectivity index (χ0n) is 12.4. The quantitative estimate of drug-likeness (QED) is 0.901. The van der Waals surface area contributed by atoms with Gasteiger partial charge in [0.05, 0.1) is 5.01 Å². The van der Waals surface area contributed by atoms with E-state index >= 15 is 0 Å². The number of thiazole rings is 1. The molecule has 0 radical (unpaired) electrons. The molecule has 0 aromatic carbocycles. The van der Waals surface area contributed by atoms with E-state index in [1.165, 1.54) is 0 Å². The van der Waals surface area contributed by atoms with Crippen molar-refractivity contribution in [2.24, 2.45) is 5.92 Å². The van der Waals surface area contributed by atoms with Crippen molar-refractivity contribution in [3.05, 3.63) is 16.6 Å². The van der Waals surface area contributed by atoms with Gasteiger partial charge in [-0.2, -0.15) is 0 Å². The fourth-order valence-electron chi connectivity index (χ4n) is 3.01. The molecule has 1 aromatic heterocycles. The van der Waals surface area contributed by atoms with Crippen LogP contribution in [0, 0.1) is 5.92 Å². The minimum atomic E-state index is -0.338. The van der Waals surface area contributed by atoms with E-state index in [0.29, 0.717) is 18.9 Å². The molecule has 1 N–H and O–H groups in total. The van der Waals surface area contributed by atoms with Gasteiger partial charge in [0.25, 0.3) is 0 Å². The number of amides is 2. The van der Waals surface area contributed by atoms with Crippen LogP contribution in [0.4, 0.5) is 0 Å². The third-order valence-electron chi connectivity index (χ3n) is 4.35. The van der Waals surface area contributed by atoms with E-state index in [0.717, 1.165) is 17.8 Å². The molecule has 114 valence electrons. The number of rotatable bonds is 5. The van der Waals surface area contributed by atoms with Gasteiger partial charge in [-0.1, -0.05) is 13.8 Å². The van der Waals surface area contributed by atoms with Crippen molar-refractivity contribution in [1.29, 1.82) is 0 Å². The molecule has 2 amide bonds. The topological polar surface area (TPSA) is 62.3 Å². The van der Waals surface area contributed by atoms with E-state index in [2.05, 4.69) is 17.2 Å². The minimum absolute atomic E-state index is 0.000314. The summed E-state index contributed by atoms with van der Waals surface area (Å²) in [5.74, 6) is 0.596. The number of nitrogens with one attached hydrogen (secondary N) is 1. The molecular formula is C15H21N3O2S. The average Bonchev–Trinajstić information content (AvgIpc) is 3.16. The number of aromatic nitrogens is 1. The summed E-state index contributed by atoms with van der Waals surface area (Å²) >= 11 is 1.60. The van der Waals surface area contributed by atoms with E-state index in [-0.39, 0.29) is 29.8 Å². The maximum atomic E-state index is 12.7. The lowest BCUT2D eigenvalue weighted by molar-refractivity contribution is -0.150. The molecule has 3 unspecified atom stereocenters. The minimum Gasteiger partial charge on any atom is -0.342 e. The molecular weight excluding hydrogens is 286 g/mol. The Hall–Kier alpha value is -1.43. The lowest BCUT2D eigenvalue weighted by Gasteiger charge is -2.39. The van der Waals surface area contributed by atoms with Gasteiger partial charge in [-0.25, -0.2) is 4.98 Å². The molecule has 1 aliphatic carbocycles. The summed E-state index contributed by atoms with van der Waals surface area (Å²) in [5, 5.41) is 5.89. The molecule has 0 spiro atoms. The molecule has 6 heteroatoms. The van der Waals surface area contributed by atoms with Crippen LogP contribution in [0.25, 0.3) is 0 Å². The van der Waals surface area contributed by atoms with Gasteiger partial charge in [-0.3, -0.25) is 9.59 Å². The highest BCUT2D eigenvalue weighted by molar-refractivity contribution is 7.09. The van der Waals surface area contributed by atoms with E-state index in [1.54, 1.807) is 22.4 Å². The first-order valence-corrected chi connectivity index (χ1v) is 8.50. The Morgan fingerprint density at radius 2 is 2.24 bits per heavy atom. The molecule has 1 aromatic rings. The second-order valence-electron chi connectivity index (χ2n) is 6.01. The molecule has 1 saturated heterocycles. The Morgan fingerprint density at radius 3 is 2.81 bits per heavy atom. The average molecular weight is 307 g/mol. The van der Waals surface area contributed by atoms with Crippen molar-refractivity contribution in [2.75, 3.05) is 6.54 Å². The molecule has 3 rings (SSSR count). The molecule has 21 heavy (non-hydrogen) atoms. The first-order chi connectivity index (χ1) is 10.1. The highest BCUT2D eigenvalue weighted by atomic mass is 32.1. The molecule has 1 aliphatic heterocycles. The number of hydrogen-bond donors (Lipinski definition) is 1. The molecule has 2 heterocycles. The molecule has 0 bridgehead atoms. The molecule has 2 aliphatic rings. The first-order valence-electron chi connectivity index (χ1n) is 7.62. The summed E-state index contributed by atoms with van der Waals surface area (Å²) in [6.45, 7) is 4.59. The van der Waals surface area contributed by atoms with Gasteiger partial charge >= 0.3 is 0 Å². The maximum Gasteiger partial charge on any atom is 0.246 e. The van der Waals surface area contributed by atoms with E-state index < -0.39 is 0 Å². The second-order valence-corrected chi connectivity index (χ2v) is 6.94. The predicted molar refractivity (Wildman–Crippen MR) is 81.0 cm³/mol. The molecule has 5 nitrogen and oxygen atoms in total. The first kappa shape index (κ1) is 14.5. The summed E-state index contributed by atoms with van der Waals surface area (Å²) in [5.41, 5.74) is 0. The van der Waals surface area contributed by atoms with Crippen LogP contribution in [0.15, 0.2) is 11.6 Å². The van der Waals surface area contributed by atoms with Gasteiger partial charge in [0.15, 0.2) is 0 Å². The van der Waals surface area contributed by atoms with E-state index in [1.807, 2.05) is 12.3 Å². The summed E-state index contributed by atoms with van der Waals surface area (Å²) in [4.78, 5) is 31.1. The van der Waals surface area contributed by atoms with Crippen LogP contribution in [0.5, 0.6) is 0 Å². The Morgan fingerprint density at radius 1 is 1.48 bits per heavy atom. The van der Waals surface area contributed by atoms with Gasteiger partial charge in [0.1, 0.15) is 12.1 Å². The van der Waals surface area contributed by atoms with Crippen LogP contribution in [-0.4, -0.2) is 40.3 Å². The fraction of sp³-hybridized carbons (Fsp3) is 0.667. The maximum absolute atomic E-state index is 12.7. The van der Waals surface area contributed by atoms with Crippen molar-refractivity contribution in [1.82, 2.24) is 15.2 Å². The van der Waals surface area contributed by atoms with Gasteiger partial charge in [-0.15, -0.1) is 11.3 Å². The Labute approximate surface area is 128 Å². The van der Waals surface area contributed by atoms with Crippen molar-refractivity contribution < 1.29 is 9.59 Å². The normalized spacial score (nSPS) is 27.6. The summed E-state index contributed by atoms with van der Waals surface area (Å²) in [6, 6.07) is -0.640. The van der Waals surface area contributed by atoms with Crippen LogP contribution in [0.3, 0.4) is 0 Å². The monoisotopic (exact) mass is 307 g/mol. The zero-order chi connectivity index (χ0) is 15.0. The van der Waals surface area contributed by atoms with Gasteiger partial charge in [-0.05, 0) is 25.2 Å².